The summed E-state index contributed by atoms with van der Waals surface area (Å²) in [6, 6.07) is 11.3. The lowest BCUT2D eigenvalue weighted by Gasteiger charge is -2.11. The molecule has 1 aromatic carbocycles. The minimum atomic E-state index is -0.275. The van der Waals surface area contributed by atoms with Crippen LogP contribution in [0.1, 0.15) is 12.5 Å². The van der Waals surface area contributed by atoms with Crippen LogP contribution < -0.4 is 5.56 Å². The first kappa shape index (κ1) is 13.4. The topological polar surface area (TPSA) is 58.7 Å². The molecule has 0 fully saturated rings. The Hall–Kier alpha value is -2.06. The molecular formula is C14H13N3OS. The van der Waals surface area contributed by atoms with Crippen LogP contribution >= 0.6 is 11.8 Å². The van der Waals surface area contributed by atoms with Crippen LogP contribution in [0.5, 0.6) is 0 Å². The second-order valence-electron chi connectivity index (χ2n) is 3.85. The molecule has 0 aliphatic carbocycles. The lowest BCUT2D eigenvalue weighted by Crippen LogP contribution is -2.25. The molecule has 4 nitrogen and oxygen atoms in total. The first-order chi connectivity index (χ1) is 9.22. The Morgan fingerprint density at radius 1 is 1.37 bits per heavy atom. The molecule has 19 heavy (non-hydrogen) atoms. The van der Waals surface area contributed by atoms with Gasteiger partial charge in [0.2, 0.25) is 0 Å². The van der Waals surface area contributed by atoms with Gasteiger partial charge in [0.1, 0.15) is 11.6 Å². The molecule has 96 valence electrons. The highest BCUT2D eigenvalue weighted by molar-refractivity contribution is 7.98. The van der Waals surface area contributed by atoms with E-state index in [2.05, 4.69) is 4.98 Å². The van der Waals surface area contributed by atoms with E-state index in [-0.39, 0.29) is 11.1 Å². The normalized spacial score (nSPS) is 10.2. The third-order valence-corrected chi connectivity index (χ3v) is 3.47. The fraction of sp³-hybridized carbons (Fsp3) is 0.214. The van der Waals surface area contributed by atoms with Gasteiger partial charge in [0.15, 0.2) is 5.16 Å². The Labute approximate surface area is 115 Å². The van der Waals surface area contributed by atoms with Crippen molar-refractivity contribution in [1.82, 2.24) is 9.55 Å². The summed E-state index contributed by atoms with van der Waals surface area (Å²) in [5.74, 6) is 0. The van der Waals surface area contributed by atoms with E-state index in [1.807, 2.05) is 49.6 Å². The molecule has 0 unspecified atom stereocenters. The number of aromatic nitrogens is 2. The van der Waals surface area contributed by atoms with Gasteiger partial charge in [-0.2, -0.15) is 5.26 Å². The summed E-state index contributed by atoms with van der Waals surface area (Å²) in [5.41, 5.74) is 1.07. The van der Waals surface area contributed by atoms with Crippen LogP contribution in [0.4, 0.5) is 0 Å². The molecule has 0 atom stereocenters. The van der Waals surface area contributed by atoms with Gasteiger partial charge in [-0.15, -0.1) is 0 Å². The summed E-state index contributed by atoms with van der Waals surface area (Å²) in [4.78, 5) is 16.8. The molecule has 0 bridgehead atoms. The van der Waals surface area contributed by atoms with E-state index in [4.69, 9.17) is 0 Å². The standard InChI is InChI=1S/C14H13N3OS/c1-3-17-13(18)11(9-15)12(16-14(17)19-2)10-7-5-4-6-8-10/h4-8H,3H2,1-2H3. The summed E-state index contributed by atoms with van der Waals surface area (Å²) in [7, 11) is 0. The van der Waals surface area contributed by atoms with Gasteiger partial charge in [0.25, 0.3) is 5.56 Å². The monoisotopic (exact) mass is 271 g/mol. The smallest absolute Gasteiger partial charge is 0.272 e. The predicted octanol–water partition coefficient (Wildman–Crippen LogP) is 2.52. The molecule has 1 aromatic heterocycles. The van der Waals surface area contributed by atoms with E-state index in [1.165, 1.54) is 16.3 Å². The van der Waals surface area contributed by atoms with E-state index in [9.17, 15) is 10.1 Å². The van der Waals surface area contributed by atoms with Crippen LogP contribution in [0.25, 0.3) is 11.3 Å². The van der Waals surface area contributed by atoms with Crippen molar-refractivity contribution < 1.29 is 0 Å². The zero-order valence-corrected chi connectivity index (χ0v) is 11.6. The highest BCUT2D eigenvalue weighted by Gasteiger charge is 2.16. The Morgan fingerprint density at radius 2 is 2.05 bits per heavy atom. The molecule has 0 amide bonds. The molecule has 0 radical (unpaired) electrons. The van der Waals surface area contributed by atoms with Crippen molar-refractivity contribution in [2.24, 2.45) is 0 Å². The minimum absolute atomic E-state index is 0.103. The summed E-state index contributed by atoms with van der Waals surface area (Å²) >= 11 is 1.40. The second kappa shape index (κ2) is 5.72. The maximum atomic E-state index is 12.3. The fourth-order valence-electron chi connectivity index (χ4n) is 1.88. The molecule has 0 spiro atoms. The van der Waals surface area contributed by atoms with Crippen molar-refractivity contribution in [3.63, 3.8) is 0 Å². The highest BCUT2D eigenvalue weighted by Crippen LogP contribution is 2.21. The summed E-state index contributed by atoms with van der Waals surface area (Å²) in [6.07, 6.45) is 1.87. The van der Waals surface area contributed by atoms with Crippen LogP contribution in [0.15, 0.2) is 40.3 Å². The number of hydrogen-bond donors (Lipinski definition) is 0. The highest BCUT2D eigenvalue weighted by atomic mass is 32.2. The van der Waals surface area contributed by atoms with Crippen molar-refractivity contribution in [2.45, 2.75) is 18.6 Å². The van der Waals surface area contributed by atoms with Crippen LogP contribution in [0, 0.1) is 11.3 Å². The van der Waals surface area contributed by atoms with Crippen molar-refractivity contribution in [1.29, 1.82) is 5.26 Å². The van der Waals surface area contributed by atoms with Gasteiger partial charge < -0.3 is 0 Å². The molecular weight excluding hydrogens is 258 g/mol. The number of nitriles is 1. The van der Waals surface area contributed by atoms with E-state index < -0.39 is 0 Å². The SMILES string of the molecule is CCn1c(SC)nc(-c2ccccc2)c(C#N)c1=O. The van der Waals surface area contributed by atoms with E-state index >= 15 is 0 Å². The van der Waals surface area contributed by atoms with Gasteiger partial charge in [0.05, 0.1) is 5.69 Å². The first-order valence-corrected chi connectivity index (χ1v) is 7.09. The molecule has 0 N–H and O–H groups in total. The average Bonchev–Trinajstić information content (AvgIpc) is 2.47. The van der Waals surface area contributed by atoms with Crippen LogP contribution in [0.2, 0.25) is 0 Å². The number of thioether (sulfide) groups is 1. The lowest BCUT2D eigenvalue weighted by atomic mass is 10.1. The van der Waals surface area contributed by atoms with Crippen molar-refractivity contribution >= 4 is 11.8 Å². The van der Waals surface area contributed by atoms with Gasteiger partial charge >= 0.3 is 0 Å². The molecule has 0 aliphatic heterocycles. The van der Waals surface area contributed by atoms with Crippen molar-refractivity contribution in [3.05, 3.63) is 46.2 Å². The van der Waals surface area contributed by atoms with Crippen LogP contribution in [-0.2, 0) is 6.54 Å². The number of rotatable bonds is 3. The molecule has 0 saturated heterocycles. The number of hydrogen-bond acceptors (Lipinski definition) is 4. The predicted molar refractivity (Wildman–Crippen MR) is 76.1 cm³/mol. The zero-order valence-electron chi connectivity index (χ0n) is 10.8. The lowest BCUT2D eigenvalue weighted by molar-refractivity contribution is 0.623. The Bertz CT molecular complexity index is 686. The molecule has 0 saturated carbocycles. The Kier molecular flexibility index (Phi) is 4.03. The Balaban J connectivity index is 2.79. The maximum Gasteiger partial charge on any atom is 0.272 e. The summed E-state index contributed by atoms with van der Waals surface area (Å²) < 4.78 is 1.52. The van der Waals surface area contributed by atoms with E-state index in [0.717, 1.165) is 5.56 Å². The first-order valence-electron chi connectivity index (χ1n) is 5.87. The molecule has 2 aromatic rings. The van der Waals surface area contributed by atoms with Gasteiger partial charge in [-0.1, -0.05) is 42.1 Å². The average molecular weight is 271 g/mol. The molecule has 2 rings (SSSR count). The third kappa shape index (κ3) is 2.40. The Morgan fingerprint density at radius 3 is 2.58 bits per heavy atom. The van der Waals surface area contributed by atoms with Crippen LogP contribution in [-0.4, -0.2) is 15.8 Å². The molecule has 1 heterocycles. The van der Waals surface area contributed by atoms with Crippen molar-refractivity contribution in [2.75, 3.05) is 6.26 Å². The van der Waals surface area contributed by atoms with Crippen molar-refractivity contribution in [3.8, 4) is 17.3 Å². The van der Waals surface area contributed by atoms with Gasteiger partial charge in [-0.3, -0.25) is 9.36 Å². The van der Waals surface area contributed by atoms with Crippen LogP contribution in [0.3, 0.4) is 0 Å². The van der Waals surface area contributed by atoms with Gasteiger partial charge in [-0.05, 0) is 13.2 Å². The third-order valence-electron chi connectivity index (χ3n) is 2.79. The number of benzene rings is 1. The summed E-state index contributed by atoms with van der Waals surface area (Å²) in [6.45, 7) is 2.37. The zero-order chi connectivity index (χ0) is 13.8. The fourth-order valence-corrected chi connectivity index (χ4v) is 2.49. The molecule has 0 aliphatic rings. The van der Waals surface area contributed by atoms with Gasteiger partial charge in [0, 0.05) is 12.1 Å². The minimum Gasteiger partial charge on any atom is -0.287 e. The quantitative estimate of drug-likeness (QED) is 0.636. The number of nitrogens with zero attached hydrogens (tertiary/aromatic N) is 3. The molecule has 5 heteroatoms. The second-order valence-corrected chi connectivity index (χ2v) is 4.62. The summed E-state index contributed by atoms with van der Waals surface area (Å²) in [5, 5.41) is 9.86. The van der Waals surface area contributed by atoms with Gasteiger partial charge in [-0.25, -0.2) is 4.98 Å². The van der Waals surface area contributed by atoms with E-state index in [1.54, 1.807) is 0 Å². The largest absolute Gasteiger partial charge is 0.287 e. The maximum absolute atomic E-state index is 12.3. The van der Waals surface area contributed by atoms with E-state index in [0.29, 0.717) is 17.4 Å².